The molecule has 3 nitrogen and oxygen atoms in total. The van der Waals surface area contributed by atoms with Crippen LogP contribution in [0, 0.1) is 6.92 Å². The fourth-order valence-electron chi connectivity index (χ4n) is 2.58. The van der Waals surface area contributed by atoms with Gasteiger partial charge in [-0.3, -0.25) is 4.98 Å². The first-order valence-corrected chi connectivity index (χ1v) is 7.62. The second-order valence-electron chi connectivity index (χ2n) is 4.88. The van der Waals surface area contributed by atoms with E-state index in [0.717, 1.165) is 48.5 Å². The third-order valence-electron chi connectivity index (χ3n) is 3.52. The van der Waals surface area contributed by atoms with Gasteiger partial charge in [0.1, 0.15) is 0 Å². The van der Waals surface area contributed by atoms with E-state index in [1.165, 1.54) is 0 Å². The molecule has 0 unspecified atom stereocenters. The van der Waals surface area contributed by atoms with Gasteiger partial charge < -0.3 is 10.2 Å². The third-order valence-corrected chi connectivity index (χ3v) is 4.49. The fraction of sp³-hybridized carbons (Fsp3) is 0.357. The molecular formula is C14H15Cl4N3. The first-order valence-electron chi connectivity index (χ1n) is 6.48. The van der Waals surface area contributed by atoms with Crippen molar-refractivity contribution in [3.63, 3.8) is 0 Å². The van der Waals surface area contributed by atoms with Crippen molar-refractivity contribution < 1.29 is 0 Å². The lowest BCUT2D eigenvalue weighted by Gasteiger charge is -2.31. The Balaban J connectivity index is 0.00000161. The Morgan fingerprint density at radius 2 is 1.81 bits per heavy atom. The highest BCUT2D eigenvalue weighted by Gasteiger charge is 2.21. The van der Waals surface area contributed by atoms with Gasteiger partial charge in [0.2, 0.25) is 0 Å². The molecule has 0 amide bonds. The molecule has 1 aromatic heterocycles. The lowest BCUT2D eigenvalue weighted by Crippen LogP contribution is -2.43. The Morgan fingerprint density at radius 1 is 1.14 bits per heavy atom. The first-order chi connectivity index (χ1) is 9.58. The molecule has 1 N–H and O–H groups in total. The molecule has 3 rings (SSSR count). The molecule has 1 aliphatic heterocycles. The predicted octanol–water partition coefficient (Wildman–Crippen LogP) is 4.33. The van der Waals surface area contributed by atoms with Gasteiger partial charge in [0, 0.05) is 36.6 Å². The van der Waals surface area contributed by atoms with Crippen molar-refractivity contribution in [2.45, 2.75) is 6.92 Å². The quantitative estimate of drug-likeness (QED) is 0.813. The van der Waals surface area contributed by atoms with Crippen molar-refractivity contribution in [2.24, 2.45) is 0 Å². The molecule has 0 saturated carbocycles. The molecule has 2 aromatic rings. The Labute approximate surface area is 145 Å². The summed E-state index contributed by atoms with van der Waals surface area (Å²) in [6.07, 6.45) is 0. The van der Waals surface area contributed by atoms with Gasteiger partial charge in [-0.1, -0.05) is 34.8 Å². The number of halogens is 4. The number of aromatic nitrogens is 1. The fourth-order valence-corrected chi connectivity index (χ4v) is 3.41. The van der Waals surface area contributed by atoms with Crippen LogP contribution in [0.2, 0.25) is 15.1 Å². The minimum atomic E-state index is 0. The molecule has 114 valence electrons. The van der Waals surface area contributed by atoms with E-state index < -0.39 is 0 Å². The topological polar surface area (TPSA) is 28.2 Å². The Bertz CT molecular complexity index is 669. The minimum absolute atomic E-state index is 0. The summed E-state index contributed by atoms with van der Waals surface area (Å²) < 4.78 is 0. The van der Waals surface area contributed by atoms with Crippen molar-refractivity contribution >= 4 is 63.8 Å². The normalized spacial score (nSPS) is 15.1. The van der Waals surface area contributed by atoms with Gasteiger partial charge in [0.15, 0.2) is 0 Å². The summed E-state index contributed by atoms with van der Waals surface area (Å²) in [5.41, 5.74) is 2.56. The van der Waals surface area contributed by atoms with Gasteiger partial charge in [0.05, 0.1) is 26.9 Å². The Kier molecular flexibility index (Phi) is 5.44. The zero-order valence-electron chi connectivity index (χ0n) is 11.4. The zero-order valence-corrected chi connectivity index (χ0v) is 14.5. The molecule has 7 heteroatoms. The van der Waals surface area contributed by atoms with Crippen molar-refractivity contribution in [2.75, 3.05) is 31.1 Å². The van der Waals surface area contributed by atoms with E-state index in [0.29, 0.717) is 15.1 Å². The van der Waals surface area contributed by atoms with E-state index in [9.17, 15) is 0 Å². The number of benzene rings is 1. The highest BCUT2D eigenvalue weighted by molar-refractivity contribution is 6.41. The average Bonchev–Trinajstić information content (AvgIpc) is 2.42. The monoisotopic (exact) mass is 365 g/mol. The minimum Gasteiger partial charge on any atom is -0.367 e. The summed E-state index contributed by atoms with van der Waals surface area (Å²) in [5, 5.41) is 6.07. The van der Waals surface area contributed by atoms with Crippen LogP contribution in [0.1, 0.15) is 5.69 Å². The van der Waals surface area contributed by atoms with Gasteiger partial charge in [-0.05, 0) is 19.1 Å². The molecule has 1 aromatic carbocycles. The van der Waals surface area contributed by atoms with Gasteiger partial charge in [-0.25, -0.2) is 0 Å². The number of anilines is 1. The molecule has 0 spiro atoms. The number of pyridine rings is 1. The number of aryl methyl sites for hydroxylation is 1. The van der Waals surface area contributed by atoms with Crippen LogP contribution in [0.4, 0.5) is 5.69 Å². The van der Waals surface area contributed by atoms with Crippen molar-refractivity contribution in [1.29, 1.82) is 0 Å². The smallest absolute Gasteiger partial charge is 0.0859 e. The molecule has 1 aliphatic rings. The summed E-state index contributed by atoms with van der Waals surface area (Å²) in [6.45, 7) is 5.57. The maximum Gasteiger partial charge on any atom is 0.0859 e. The van der Waals surface area contributed by atoms with Crippen LogP contribution in [0.5, 0.6) is 0 Å². The van der Waals surface area contributed by atoms with Gasteiger partial charge in [0.25, 0.3) is 0 Å². The maximum absolute atomic E-state index is 6.50. The zero-order chi connectivity index (χ0) is 14.3. The summed E-state index contributed by atoms with van der Waals surface area (Å²) in [7, 11) is 0. The van der Waals surface area contributed by atoms with Gasteiger partial charge in [-0.2, -0.15) is 0 Å². The summed E-state index contributed by atoms with van der Waals surface area (Å²) in [4.78, 5) is 6.77. The summed E-state index contributed by atoms with van der Waals surface area (Å²) >= 11 is 19.0. The number of fused-ring (bicyclic) bond motifs is 1. The van der Waals surface area contributed by atoms with Crippen LogP contribution in [-0.4, -0.2) is 31.2 Å². The highest BCUT2D eigenvalue weighted by atomic mass is 35.5. The molecule has 21 heavy (non-hydrogen) atoms. The first kappa shape index (κ1) is 16.9. The summed E-state index contributed by atoms with van der Waals surface area (Å²) in [5.74, 6) is 0. The number of rotatable bonds is 1. The maximum atomic E-state index is 6.50. The van der Waals surface area contributed by atoms with E-state index >= 15 is 0 Å². The van der Waals surface area contributed by atoms with E-state index in [1.807, 2.05) is 13.0 Å². The highest BCUT2D eigenvalue weighted by Crippen LogP contribution is 2.40. The van der Waals surface area contributed by atoms with E-state index in [2.05, 4.69) is 15.2 Å². The molecular weight excluding hydrogens is 352 g/mol. The molecule has 0 atom stereocenters. The number of hydrogen-bond acceptors (Lipinski definition) is 3. The lowest BCUT2D eigenvalue weighted by atomic mass is 10.1. The number of nitrogens with zero attached hydrogens (tertiary/aromatic N) is 2. The van der Waals surface area contributed by atoms with Crippen LogP contribution in [-0.2, 0) is 0 Å². The lowest BCUT2D eigenvalue weighted by molar-refractivity contribution is 0.590. The Morgan fingerprint density at radius 3 is 2.48 bits per heavy atom. The van der Waals surface area contributed by atoms with Crippen molar-refractivity contribution in [1.82, 2.24) is 10.3 Å². The second kappa shape index (κ2) is 6.76. The van der Waals surface area contributed by atoms with Crippen LogP contribution in [0.15, 0.2) is 12.1 Å². The van der Waals surface area contributed by atoms with Crippen LogP contribution >= 0.6 is 47.2 Å². The summed E-state index contributed by atoms with van der Waals surface area (Å²) in [6, 6.07) is 3.57. The number of piperazine rings is 1. The predicted molar refractivity (Wildman–Crippen MR) is 93.8 cm³/mol. The third kappa shape index (κ3) is 3.17. The SMILES string of the molecule is Cc1nc2cc(Cl)cc(Cl)c2c(N2CCNCC2)c1Cl.Cl. The van der Waals surface area contributed by atoms with Crippen LogP contribution in [0.3, 0.4) is 0 Å². The standard InChI is InChI=1S/C14H14Cl3N3.ClH/c1-8-13(17)14(20-4-2-18-3-5-20)12-10(16)6-9(15)7-11(12)19-8;/h6-7,18H,2-5H2,1H3;1H. The Hall–Kier alpha value is -0.450. The van der Waals surface area contributed by atoms with Crippen molar-refractivity contribution in [3.05, 3.63) is 32.9 Å². The molecule has 0 bridgehead atoms. The average molecular weight is 367 g/mol. The van der Waals surface area contributed by atoms with Crippen LogP contribution in [0.25, 0.3) is 10.9 Å². The van der Waals surface area contributed by atoms with E-state index in [4.69, 9.17) is 34.8 Å². The molecule has 2 heterocycles. The number of hydrogen-bond donors (Lipinski definition) is 1. The molecule has 0 aliphatic carbocycles. The van der Waals surface area contributed by atoms with Gasteiger partial charge in [-0.15, -0.1) is 12.4 Å². The number of nitrogens with one attached hydrogen (secondary N) is 1. The largest absolute Gasteiger partial charge is 0.367 e. The van der Waals surface area contributed by atoms with Gasteiger partial charge >= 0.3 is 0 Å². The molecule has 1 saturated heterocycles. The molecule has 0 radical (unpaired) electrons. The van der Waals surface area contributed by atoms with Crippen LogP contribution < -0.4 is 10.2 Å². The molecule has 1 fully saturated rings. The van der Waals surface area contributed by atoms with E-state index in [1.54, 1.807) is 6.07 Å². The van der Waals surface area contributed by atoms with E-state index in [-0.39, 0.29) is 12.4 Å². The second-order valence-corrected chi connectivity index (χ2v) is 6.10. The van der Waals surface area contributed by atoms with Crippen molar-refractivity contribution in [3.8, 4) is 0 Å².